The largest absolute Gasteiger partial charge is 0.497 e. The molecule has 0 unspecified atom stereocenters. The van der Waals surface area contributed by atoms with E-state index in [1.54, 1.807) is 14.2 Å². The average Bonchev–Trinajstić information content (AvgIpc) is 2.84. The van der Waals surface area contributed by atoms with Crippen molar-refractivity contribution in [3.63, 3.8) is 0 Å². The zero-order chi connectivity index (χ0) is 22.7. The molecule has 0 amide bonds. The first-order valence-corrected chi connectivity index (χ1v) is 10.7. The maximum absolute atomic E-state index is 5.58. The Morgan fingerprint density at radius 1 is 0.375 bits per heavy atom. The maximum Gasteiger partial charge on any atom is 0.119 e. The second-order valence-corrected chi connectivity index (χ2v) is 6.50. The van der Waals surface area contributed by atoms with Gasteiger partial charge in [-0.2, -0.15) is 0 Å². The first kappa shape index (κ1) is 25.7. The lowest BCUT2D eigenvalue weighted by molar-refractivity contribution is -0.00699. The number of methoxy groups -OCH3 is 2. The number of rotatable bonds is 19. The predicted molar refractivity (Wildman–Crippen MR) is 120 cm³/mol. The fraction of sp³-hybridized carbons (Fsp3) is 0.500. The molecule has 0 heterocycles. The number of hydrogen-bond donors (Lipinski definition) is 0. The van der Waals surface area contributed by atoms with Crippen LogP contribution < -0.4 is 18.9 Å². The molecule has 0 fully saturated rings. The van der Waals surface area contributed by atoms with E-state index in [4.69, 9.17) is 37.9 Å². The molecule has 0 saturated heterocycles. The zero-order valence-corrected chi connectivity index (χ0v) is 19.0. The normalized spacial score (nSPS) is 10.7. The van der Waals surface area contributed by atoms with Crippen LogP contribution in [0.5, 0.6) is 23.0 Å². The highest BCUT2D eigenvalue weighted by Crippen LogP contribution is 2.17. The minimum atomic E-state index is 0.487. The Balaban J connectivity index is 1.29. The van der Waals surface area contributed by atoms with E-state index < -0.39 is 0 Å². The summed E-state index contributed by atoms with van der Waals surface area (Å²) in [6.07, 6.45) is 0. The third-order valence-electron chi connectivity index (χ3n) is 4.23. The number of ether oxygens (including phenoxy) is 8. The van der Waals surface area contributed by atoms with Gasteiger partial charge in [-0.05, 0) is 48.5 Å². The van der Waals surface area contributed by atoms with Gasteiger partial charge >= 0.3 is 0 Å². The van der Waals surface area contributed by atoms with Crippen LogP contribution in [0.15, 0.2) is 48.5 Å². The molecule has 8 heteroatoms. The summed E-state index contributed by atoms with van der Waals surface area (Å²) < 4.78 is 43.2. The van der Waals surface area contributed by atoms with E-state index in [1.807, 2.05) is 48.5 Å². The molecule has 0 aromatic heterocycles. The molecule has 2 aromatic rings. The van der Waals surface area contributed by atoms with Gasteiger partial charge in [0.2, 0.25) is 0 Å². The second kappa shape index (κ2) is 17.1. The molecule has 0 saturated carbocycles. The average molecular weight is 451 g/mol. The van der Waals surface area contributed by atoms with Crippen LogP contribution in [0.3, 0.4) is 0 Å². The molecule has 2 aromatic carbocycles. The first-order chi connectivity index (χ1) is 15.8. The topological polar surface area (TPSA) is 73.8 Å². The van der Waals surface area contributed by atoms with E-state index in [-0.39, 0.29) is 0 Å². The zero-order valence-electron chi connectivity index (χ0n) is 19.0. The molecule has 0 aliphatic heterocycles. The van der Waals surface area contributed by atoms with Gasteiger partial charge in [-0.15, -0.1) is 0 Å². The van der Waals surface area contributed by atoms with Crippen molar-refractivity contribution >= 4 is 0 Å². The van der Waals surface area contributed by atoms with Crippen molar-refractivity contribution in [3.05, 3.63) is 48.5 Å². The second-order valence-electron chi connectivity index (χ2n) is 6.50. The molecule has 0 atom stereocenters. The molecule has 2 rings (SSSR count). The van der Waals surface area contributed by atoms with Gasteiger partial charge < -0.3 is 37.9 Å². The van der Waals surface area contributed by atoms with E-state index in [0.29, 0.717) is 66.1 Å². The molecular weight excluding hydrogens is 416 g/mol. The predicted octanol–water partition coefficient (Wildman–Crippen LogP) is 3.23. The van der Waals surface area contributed by atoms with Gasteiger partial charge in [0.1, 0.15) is 36.2 Å². The quantitative estimate of drug-likeness (QED) is 0.302. The van der Waals surface area contributed by atoms with Crippen LogP contribution in [-0.4, -0.2) is 80.3 Å². The van der Waals surface area contributed by atoms with E-state index in [2.05, 4.69) is 0 Å². The lowest BCUT2D eigenvalue weighted by atomic mass is 10.3. The van der Waals surface area contributed by atoms with E-state index in [0.717, 1.165) is 23.0 Å². The molecule has 8 nitrogen and oxygen atoms in total. The van der Waals surface area contributed by atoms with Crippen molar-refractivity contribution in [2.45, 2.75) is 0 Å². The van der Waals surface area contributed by atoms with Crippen molar-refractivity contribution in [3.8, 4) is 23.0 Å². The van der Waals surface area contributed by atoms with E-state index in [1.165, 1.54) is 0 Å². The van der Waals surface area contributed by atoms with Crippen LogP contribution in [0.25, 0.3) is 0 Å². The van der Waals surface area contributed by atoms with Crippen LogP contribution in [0, 0.1) is 0 Å². The Morgan fingerprint density at radius 3 is 0.906 bits per heavy atom. The Morgan fingerprint density at radius 2 is 0.625 bits per heavy atom. The van der Waals surface area contributed by atoms with Crippen LogP contribution in [-0.2, 0) is 18.9 Å². The highest BCUT2D eigenvalue weighted by molar-refractivity contribution is 5.31. The summed E-state index contributed by atoms with van der Waals surface area (Å²) >= 11 is 0. The lowest BCUT2D eigenvalue weighted by Gasteiger charge is -2.09. The Hall–Kier alpha value is -2.52. The van der Waals surface area contributed by atoms with Crippen molar-refractivity contribution < 1.29 is 37.9 Å². The number of benzene rings is 2. The van der Waals surface area contributed by atoms with Gasteiger partial charge in [0, 0.05) is 0 Å². The van der Waals surface area contributed by atoms with Crippen LogP contribution in [0.2, 0.25) is 0 Å². The molecule has 0 N–H and O–H groups in total. The van der Waals surface area contributed by atoms with Gasteiger partial charge in [0.15, 0.2) is 0 Å². The fourth-order valence-corrected chi connectivity index (χ4v) is 2.54. The minimum Gasteiger partial charge on any atom is -0.497 e. The molecule has 0 spiro atoms. The standard InChI is InChI=1S/C24H34O8/c1-25-21-3-7-23(8-4-21)31-19-17-29-15-13-27-11-12-28-14-16-30-18-20-32-24-9-5-22(26-2)6-10-24/h3-10H,11-20H2,1-2H3. The van der Waals surface area contributed by atoms with Crippen molar-refractivity contribution in [2.24, 2.45) is 0 Å². The van der Waals surface area contributed by atoms with Gasteiger partial charge in [-0.1, -0.05) is 0 Å². The molecule has 0 aliphatic carbocycles. The summed E-state index contributed by atoms with van der Waals surface area (Å²) in [4.78, 5) is 0. The molecule has 0 bridgehead atoms. The first-order valence-electron chi connectivity index (χ1n) is 10.7. The van der Waals surface area contributed by atoms with Crippen molar-refractivity contribution in [1.29, 1.82) is 0 Å². The Kier molecular flexibility index (Phi) is 13.7. The molecule has 0 radical (unpaired) electrons. The summed E-state index contributed by atoms with van der Waals surface area (Å²) in [5.41, 5.74) is 0. The van der Waals surface area contributed by atoms with Gasteiger partial charge in [-0.3, -0.25) is 0 Å². The highest BCUT2D eigenvalue weighted by Gasteiger charge is 1.97. The Labute approximate surface area is 190 Å². The summed E-state index contributed by atoms with van der Waals surface area (Å²) in [5, 5.41) is 0. The fourth-order valence-electron chi connectivity index (χ4n) is 2.54. The minimum absolute atomic E-state index is 0.487. The smallest absolute Gasteiger partial charge is 0.119 e. The summed E-state index contributed by atoms with van der Waals surface area (Å²) in [6, 6.07) is 14.9. The molecule has 178 valence electrons. The van der Waals surface area contributed by atoms with Gasteiger partial charge in [-0.25, -0.2) is 0 Å². The number of hydrogen-bond acceptors (Lipinski definition) is 8. The summed E-state index contributed by atoms with van der Waals surface area (Å²) in [6.45, 7) is 5.10. The van der Waals surface area contributed by atoms with Crippen LogP contribution >= 0.6 is 0 Å². The molecule has 0 aliphatic rings. The van der Waals surface area contributed by atoms with Gasteiger partial charge in [0.05, 0.1) is 67.1 Å². The lowest BCUT2D eigenvalue weighted by Crippen LogP contribution is -2.14. The van der Waals surface area contributed by atoms with Crippen LogP contribution in [0.4, 0.5) is 0 Å². The van der Waals surface area contributed by atoms with Gasteiger partial charge in [0.25, 0.3) is 0 Å². The van der Waals surface area contributed by atoms with E-state index in [9.17, 15) is 0 Å². The summed E-state index contributed by atoms with van der Waals surface area (Å²) in [7, 11) is 3.27. The SMILES string of the molecule is COc1ccc(OCCOCCOCCOCCOCCOc2ccc(OC)cc2)cc1. The molecular formula is C24H34O8. The van der Waals surface area contributed by atoms with Crippen LogP contribution in [0.1, 0.15) is 0 Å². The Bertz CT molecular complexity index is 629. The monoisotopic (exact) mass is 450 g/mol. The third-order valence-corrected chi connectivity index (χ3v) is 4.23. The molecule has 32 heavy (non-hydrogen) atoms. The highest BCUT2D eigenvalue weighted by atomic mass is 16.6. The van der Waals surface area contributed by atoms with Crippen molar-refractivity contribution in [2.75, 3.05) is 80.3 Å². The van der Waals surface area contributed by atoms with Crippen molar-refractivity contribution in [1.82, 2.24) is 0 Å². The van der Waals surface area contributed by atoms with E-state index >= 15 is 0 Å². The summed E-state index contributed by atoms with van der Waals surface area (Å²) in [5.74, 6) is 3.18. The maximum atomic E-state index is 5.58. The third kappa shape index (κ3) is 11.8.